The number of ether oxygens (including phenoxy) is 1. The molecule has 0 atom stereocenters. The number of carbonyl (C=O) groups is 3. The molecule has 1 fully saturated rings. The van der Waals surface area contributed by atoms with Crippen LogP contribution < -0.4 is 5.32 Å². The van der Waals surface area contributed by atoms with Gasteiger partial charge in [-0.1, -0.05) is 41.9 Å². The van der Waals surface area contributed by atoms with E-state index >= 15 is 0 Å². The third-order valence-corrected chi connectivity index (χ3v) is 6.43. The Balaban J connectivity index is 1.27. The van der Waals surface area contributed by atoms with Crippen LogP contribution in [0.2, 0.25) is 5.02 Å². The summed E-state index contributed by atoms with van der Waals surface area (Å²) in [5.74, 6) is -0.191. The van der Waals surface area contributed by atoms with Gasteiger partial charge in [0.05, 0.1) is 11.5 Å². The summed E-state index contributed by atoms with van der Waals surface area (Å²) in [5, 5.41) is 3.31. The van der Waals surface area contributed by atoms with Crippen molar-refractivity contribution in [2.75, 3.05) is 36.5 Å². The van der Waals surface area contributed by atoms with Crippen LogP contribution in [0.4, 0.5) is 5.69 Å². The van der Waals surface area contributed by atoms with Crippen LogP contribution in [0.3, 0.4) is 0 Å². The number of nitrogens with one attached hydrogen (secondary N) is 1. The molecule has 0 spiro atoms. The number of anilines is 1. The largest absolute Gasteiger partial charge is 0.455 e. The van der Waals surface area contributed by atoms with E-state index in [1.54, 1.807) is 29.2 Å². The average molecular weight is 475 g/mol. The van der Waals surface area contributed by atoms with Crippen LogP contribution in [0.15, 0.2) is 54.6 Å². The summed E-state index contributed by atoms with van der Waals surface area (Å²) in [5.41, 5.74) is 1.96. The summed E-state index contributed by atoms with van der Waals surface area (Å²) in [6.07, 6.45) is 2.93. The summed E-state index contributed by atoms with van der Waals surface area (Å²) in [4.78, 5) is 37.9. The van der Waals surface area contributed by atoms with E-state index in [0.717, 1.165) is 31.0 Å². The predicted octanol–water partition coefficient (Wildman–Crippen LogP) is 4.04. The summed E-state index contributed by atoms with van der Waals surface area (Å²) in [7, 11) is 0. The maximum Gasteiger partial charge on any atom is 0.316 e. The number of rotatable bonds is 9. The number of esters is 1. The molecule has 0 unspecified atom stereocenters. The van der Waals surface area contributed by atoms with Crippen molar-refractivity contribution in [1.29, 1.82) is 0 Å². The number of amides is 2. The van der Waals surface area contributed by atoms with Crippen LogP contribution in [0.25, 0.3) is 0 Å². The maximum absolute atomic E-state index is 12.3. The fourth-order valence-corrected chi connectivity index (χ4v) is 4.30. The second kappa shape index (κ2) is 12.5. The minimum Gasteiger partial charge on any atom is -0.455 e. The molecule has 1 N–H and O–H groups in total. The van der Waals surface area contributed by atoms with Crippen LogP contribution in [0.5, 0.6) is 0 Å². The number of piperidine rings is 1. The van der Waals surface area contributed by atoms with Crippen molar-refractivity contribution in [1.82, 2.24) is 4.90 Å². The standard InChI is InChI=1S/C24H27ClN2O4S/c25-20-6-8-21(9-7-20)26-22(28)16-32-17-24(30)31-15-23(29)27-12-10-19(11-13-27)14-18-4-2-1-3-5-18/h1-9,19H,10-17H2,(H,26,28). The molecule has 1 saturated heterocycles. The van der Waals surface area contributed by atoms with Crippen molar-refractivity contribution in [3.8, 4) is 0 Å². The fourth-order valence-electron chi connectivity index (χ4n) is 3.57. The third kappa shape index (κ3) is 8.20. The van der Waals surface area contributed by atoms with Gasteiger partial charge in [0.1, 0.15) is 0 Å². The van der Waals surface area contributed by atoms with E-state index in [4.69, 9.17) is 16.3 Å². The molecule has 0 radical (unpaired) electrons. The molecule has 8 heteroatoms. The van der Waals surface area contributed by atoms with Crippen LogP contribution in [0.1, 0.15) is 18.4 Å². The Bertz CT molecular complexity index is 900. The van der Waals surface area contributed by atoms with Crippen LogP contribution in [-0.2, 0) is 25.5 Å². The first-order valence-electron chi connectivity index (χ1n) is 10.6. The Morgan fingerprint density at radius 2 is 1.69 bits per heavy atom. The quantitative estimate of drug-likeness (QED) is 0.555. The van der Waals surface area contributed by atoms with Crippen LogP contribution in [-0.4, -0.2) is 53.9 Å². The van der Waals surface area contributed by atoms with Gasteiger partial charge in [0, 0.05) is 23.8 Å². The van der Waals surface area contributed by atoms with E-state index in [0.29, 0.717) is 29.7 Å². The summed E-state index contributed by atoms with van der Waals surface area (Å²) in [6, 6.07) is 17.2. The van der Waals surface area contributed by atoms with Gasteiger partial charge in [-0.15, -0.1) is 11.8 Å². The highest BCUT2D eigenvalue weighted by Crippen LogP contribution is 2.21. The zero-order valence-corrected chi connectivity index (χ0v) is 19.4. The van der Waals surface area contributed by atoms with Crippen molar-refractivity contribution >= 4 is 46.8 Å². The molecular formula is C24H27ClN2O4S. The van der Waals surface area contributed by atoms with Crippen molar-refractivity contribution < 1.29 is 19.1 Å². The van der Waals surface area contributed by atoms with Gasteiger partial charge in [-0.2, -0.15) is 0 Å². The number of likely N-dealkylation sites (tertiary alicyclic amines) is 1. The Labute approximate surface area is 197 Å². The molecule has 2 amide bonds. The Hall–Kier alpha value is -2.51. The monoisotopic (exact) mass is 474 g/mol. The number of carbonyl (C=O) groups excluding carboxylic acids is 3. The highest BCUT2D eigenvalue weighted by molar-refractivity contribution is 8.00. The Morgan fingerprint density at radius 1 is 1.00 bits per heavy atom. The van der Waals surface area contributed by atoms with Gasteiger partial charge in [-0.25, -0.2) is 0 Å². The van der Waals surface area contributed by atoms with Crippen molar-refractivity contribution in [2.45, 2.75) is 19.3 Å². The van der Waals surface area contributed by atoms with E-state index in [2.05, 4.69) is 17.4 Å². The molecular weight excluding hydrogens is 448 g/mol. The molecule has 2 aromatic carbocycles. The van der Waals surface area contributed by atoms with E-state index < -0.39 is 5.97 Å². The van der Waals surface area contributed by atoms with Gasteiger partial charge in [0.25, 0.3) is 5.91 Å². The summed E-state index contributed by atoms with van der Waals surface area (Å²) in [6.45, 7) is 1.13. The molecule has 1 heterocycles. The Kier molecular flexibility index (Phi) is 9.43. The maximum atomic E-state index is 12.3. The minimum atomic E-state index is -0.499. The molecule has 0 bridgehead atoms. The summed E-state index contributed by atoms with van der Waals surface area (Å²) < 4.78 is 5.10. The predicted molar refractivity (Wildman–Crippen MR) is 128 cm³/mol. The highest BCUT2D eigenvalue weighted by atomic mass is 35.5. The third-order valence-electron chi connectivity index (χ3n) is 5.27. The van der Waals surface area contributed by atoms with Gasteiger partial charge < -0.3 is 15.0 Å². The lowest BCUT2D eigenvalue weighted by molar-refractivity contribution is -0.150. The number of halogens is 1. The van der Waals surface area contributed by atoms with Crippen molar-refractivity contribution in [2.24, 2.45) is 5.92 Å². The van der Waals surface area contributed by atoms with E-state index in [9.17, 15) is 14.4 Å². The first-order chi connectivity index (χ1) is 15.5. The van der Waals surface area contributed by atoms with Gasteiger partial charge in [0.2, 0.25) is 5.91 Å². The van der Waals surface area contributed by atoms with Crippen molar-refractivity contribution in [3.63, 3.8) is 0 Å². The lowest BCUT2D eigenvalue weighted by atomic mass is 9.90. The molecule has 170 valence electrons. The average Bonchev–Trinajstić information content (AvgIpc) is 2.80. The number of nitrogens with zero attached hydrogens (tertiary/aromatic N) is 1. The lowest BCUT2D eigenvalue weighted by Gasteiger charge is -2.32. The van der Waals surface area contributed by atoms with E-state index in [-0.39, 0.29) is 29.9 Å². The first kappa shape index (κ1) is 24.1. The number of hydrogen-bond donors (Lipinski definition) is 1. The molecule has 1 aliphatic heterocycles. The fraction of sp³-hybridized carbons (Fsp3) is 0.375. The topological polar surface area (TPSA) is 75.7 Å². The smallest absolute Gasteiger partial charge is 0.316 e. The van der Waals surface area contributed by atoms with Gasteiger partial charge in [-0.3, -0.25) is 14.4 Å². The zero-order chi connectivity index (χ0) is 22.8. The molecule has 3 rings (SSSR count). The minimum absolute atomic E-state index is 0.0144. The second-order valence-corrected chi connectivity index (χ2v) is 9.14. The molecule has 0 saturated carbocycles. The SMILES string of the molecule is O=C(CSCC(=O)OCC(=O)N1CCC(Cc2ccccc2)CC1)Nc1ccc(Cl)cc1. The number of benzene rings is 2. The van der Waals surface area contributed by atoms with Gasteiger partial charge in [0.15, 0.2) is 6.61 Å². The van der Waals surface area contributed by atoms with Crippen LogP contribution >= 0.6 is 23.4 Å². The van der Waals surface area contributed by atoms with Gasteiger partial charge in [-0.05, 0) is 55.0 Å². The van der Waals surface area contributed by atoms with Crippen molar-refractivity contribution in [3.05, 3.63) is 65.2 Å². The normalized spacial score (nSPS) is 14.1. The molecule has 32 heavy (non-hydrogen) atoms. The van der Waals surface area contributed by atoms with Gasteiger partial charge >= 0.3 is 5.97 Å². The molecule has 0 aromatic heterocycles. The highest BCUT2D eigenvalue weighted by Gasteiger charge is 2.23. The number of hydrogen-bond acceptors (Lipinski definition) is 5. The molecule has 6 nitrogen and oxygen atoms in total. The number of thioether (sulfide) groups is 1. The lowest BCUT2D eigenvalue weighted by Crippen LogP contribution is -2.41. The second-order valence-electron chi connectivity index (χ2n) is 7.72. The Morgan fingerprint density at radius 3 is 2.38 bits per heavy atom. The molecule has 1 aliphatic rings. The van der Waals surface area contributed by atoms with E-state index in [1.807, 2.05) is 18.2 Å². The zero-order valence-electron chi connectivity index (χ0n) is 17.8. The molecule has 0 aliphatic carbocycles. The van der Waals surface area contributed by atoms with Crippen LogP contribution in [0, 0.1) is 5.92 Å². The molecule has 2 aromatic rings. The summed E-state index contributed by atoms with van der Waals surface area (Å²) >= 11 is 6.95. The first-order valence-corrected chi connectivity index (χ1v) is 12.1. The van der Waals surface area contributed by atoms with E-state index in [1.165, 1.54) is 5.56 Å².